The molecule has 0 saturated heterocycles. The van der Waals surface area contributed by atoms with Gasteiger partial charge in [0, 0.05) is 31.9 Å². The van der Waals surface area contributed by atoms with Crippen LogP contribution in [0.1, 0.15) is 24.0 Å². The van der Waals surface area contributed by atoms with E-state index in [-0.39, 0.29) is 5.91 Å². The summed E-state index contributed by atoms with van der Waals surface area (Å²) < 4.78 is 5.20. The van der Waals surface area contributed by atoms with Gasteiger partial charge in [0.2, 0.25) is 5.91 Å². The Hall–Kier alpha value is -2.87. The van der Waals surface area contributed by atoms with Crippen molar-refractivity contribution in [3.8, 4) is 11.8 Å². The first-order valence-electron chi connectivity index (χ1n) is 7.89. The fourth-order valence-corrected chi connectivity index (χ4v) is 2.43. The summed E-state index contributed by atoms with van der Waals surface area (Å²) >= 11 is 0. The summed E-state index contributed by atoms with van der Waals surface area (Å²) in [7, 11) is 1.63. The lowest BCUT2D eigenvalue weighted by atomic mass is 10.1. The second-order valence-corrected chi connectivity index (χ2v) is 5.44. The number of aromatic nitrogens is 1. The van der Waals surface area contributed by atoms with Crippen LogP contribution in [-0.4, -0.2) is 29.4 Å². The van der Waals surface area contributed by atoms with Crippen LogP contribution in [0.25, 0.3) is 0 Å². The lowest BCUT2D eigenvalue weighted by molar-refractivity contribution is -0.131. The van der Waals surface area contributed by atoms with Crippen molar-refractivity contribution in [2.75, 3.05) is 13.7 Å². The number of nitriles is 1. The fraction of sp³-hybridized carbons (Fsp3) is 0.316. The molecule has 0 unspecified atom stereocenters. The first-order chi connectivity index (χ1) is 11.7. The van der Waals surface area contributed by atoms with Gasteiger partial charge in [-0.2, -0.15) is 5.26 Å². The minimum atomic E-state index is 0.0388. The molecular formula is C19H21N3O2. The highest BCUT2D eigenvalue weighted by atomic mass is 16.5. The van der Waals surface area contributed by atoms with Crippen molar-refractivity contribution < 1.29 is 9.53 Å². The van der Waals surface area contributed by atoms with Crippen LogP contribution < -0.4 is 4.74 Å². The number of hydrogen-bond acceptors (Lipinski definition) is 4. The zero-order valence-corrected chi connectivity index (χ0v) is 13.8. The molecule has 0 N–H and O–H groups in total. The van der Waals surface area contributed by atoms with Crippen LogP contribution in [0.4, 0.5) is 0 Å². The van der Waals surface area contributed by atoms with E-state index in [0.29, 0.717) is 32.4 Å². The Bertz CT molecular complexity index is 695. The third-order valence-corrected chi connectivity index (χ3v) is 3.70. The van der Waals surface area contributed by atoms with E-state index in [1.807, 2.05) is 36.4 Å². The molecule has 1 amide bonds. The van der Waals surface area contributed by atoms with Gasteiger partial charge >= 0.3 is 0 Å². The summed E-state index contributed by atoms with van der Waals surface area (Å²) in [6.45, 7) is 0.912. The molecule has 0 aliphatic rings. The quantitative estimate of drug-likeness (QED) is 0.749. The largest absolute Gasteiger partial charge is 0.497 e. The molecular weight excluding hydrogens is 302 g/mol. The van der Waals surface area contributed by atoms with Crippen LogP contribution in [0.2, 0.25) is 0 Å². The van der Waals surface area contributed by atoms with Crippen molar-refractivity contribution >= 4 is 5.91 Å². The third kappa shape index (κ3) is 5.40. The molecule has 0 aliphatic heterocycles. The van der Waals surface area contributed by atoms with Gasteiger partial charge in [-0.05, 0) is 35.7 Å². The van der Waals surface area contributed by atoms with Gasteiger partial charge in [-0.3, -0.25) is 9.78 Å². The van der Waals surface area contributed by atoms with Gasteiger partial charge in [0.05, 0.1) is 19.6 Å². The van der Waals surface area contributed by atoms with E-state index in [2.05, 4.69) is 11.1 Å². The average molecular weight is 323 g/mol. The molecule has 0 bridgehead atoms. The van der Waals surface area contributed by atoms with Crippen molar-refractivity contribution in [2.24, 2.45) is 0 Å². The molecule has 1 aromatic carbocycles. The number of hydrogen-bond donors (Lipinski definition) is 0. The highest BCUT2D eigenvalue weighted by molar-refractivity contribution is 5.76. The van der Waals surface area contributed by atoms with E-state index in [9.17, 15) is 4.79 Å². The molecule has 0 aliphatic carbocycles. The maximum absolute atomic E-state index is 12.5. The van der Waals surface area contributed by atoms with Crippen molar-refractivity contribution in [1.29, 1.82) is 5.26 Å². The second kappa shape index (κ2) is 9.31. The Morgan fingerprint density at radius 3 is 2.83 bits per heavy atom. The highest BCUT2D eigenvalue weighted by Gasteiger charge is 2.14. The molecule has 2 rings (SSSR count). The summed E-state index contributed by atoms with van der Waals surface area (Å²) in [4.78, 5) is 18.3. The van der Waals surface area contributed by atoms with Gasteiger partial charge < -0.3 is 9.64 Å². The molecule has 124 valence electrons. The van der Waals surface area contributed by atoms with Gasteiger partial charge in [-0.15, -0.1) is 0 Å². The number of pyridine rings is 1. The maximum Gasteiger partial charge on any atom is 0.223 e. The van der Waals surface area contributed by atoms with Crippen LogP contribution in [-0.2, 0) is 17.8 Å². The van der Waals surface area contributed by atoms with Crippen LogP contribution in [0, 0.1) is 11.3 Å². The summed E-state index contributed by atoms with van der Waals surface area (Å²) in [6.07, 6.45) is 4.82. The summed E-state index contributed by atoms with van der Waals surface area (Å²) in [6, 6.07) is 13.6. The molecule has 5 nitrogen and oxygen atoms in total. The normalized spacial score (nSPS) is 10.0. The zero-order chi connectivity index (χ0) is 17.2. The van der Waals surface area contributed by atoms with Gasteiger partial charge in [0.25, 0.3) is 0 Å². The van der Waals surface area contributed by atoms with Crippen LogP contribution in [0.3, 0.4) is 0 Å². The maximum atomic E-state index is 12.5. The predicted molar refractivity (Wildman–Crippen MR) is 91.2 cm³/mol. The highest BCUT2D eigenvalue weighted by Crippen LogP contribution is 2.15. The lowest BCUT2D eigenvalue weighted by Crippen LogP contribution is -2.31. The van der Waals surface area contributed by atoms with E-state index in [4.69, 9.17) is 10.00 Å². The number of amides is 1. The van der Waals surface area contributed by atoms with Crippen LogP contribution >= 0.6 is 0 Å². The Labute approximate surface area is 142 Å². The smallest absolute Gasteiger partial charge is 0.223 e. The number of methoxy groups -OCH3 is 1. The molecule has 1 heterocycles. The summed E-state index contributed by atoms with van der Waals surface area (Å²) in [5, 5.41) is 8.81. The molecule has 0 saturated carbocycles. The fourth-order valence-electron chi connectivity index (χ4n) is 2.43. The Kier molecular flexibility index (Phi) is 6.78. The van der Waals surface area contributed by atoms with Crippen LogP contribution in [0.5, 0.6) is 5.75 Å². The van der Waals surface area contributed by atoms with Crippen molar-refractivity contribution in [3.63, 3.8) is 0 Å². The molecule has 24 heavy (non-hydrogen) atoms. The Balaban J connectivity index is 1.97. The molecule has 5 heteroatoms. The number of carbonyl (C=O) groups excluding carboxylic acids is 1. The van der Waals surface area contributed by atoms with E-state index in [1.54, 1.807) is 24.4 Å². The summed E-state index contributed by atoms with van der Waals surface area (Å²) in [5.74, 6) is 0.827. The first kappa shape index (κ1) is 17.5. The summed E-state index contributed by atoms with van der Waals surface area (Å²) in [5.41, 5.74) is 2.02. The van der Waals surface area contributed by atoms with Crippen LogP contribution in [0.15, 0.2) is 48.8 Å². The number of carbonyl (C=O) groups is 1. The molecule has 0 radical (unpaired) electrons. The number of aryl methyl sites for hydroxylation is 1. The minimum absolute atomic E-state index is 0.0388. The van der Waals surface area contributed by atoms with Gasteiger partial charge in [0.1, 0.15) is 5.75 Å². The minimum Gasteiger partial charge on any atom is -0.497 e. The SMILES string of the molecule is COc1cccc(CCC(=O)N(CCC#N)Cc2cccnc2)c1. The van der Waals surface area contributed by atoms with Crippen molar-refractivity contribution in [2.45, 2.75) is 25.8 Å². The third-order valence-electron chi connectivity index (χ3n) is 3.70. The Morgan fingerprint density at radius 1 is 1.29 bits per heavy atom. The topological polar surface area (TPSA) is 66.2 Å². The monoisotopic (exact) mass is 323 g/mol. The lowest BCUT2D eigenvalue weighted by Gasteiger charge is -2.21. The number of rotatable bonds is 8. The number of benzene rings is 1. The average Bonchev–Trinajstić information content (AvgIpc) is 2.64. The molecule has 0 atom stereocenters. The standard InChI is InChI=1S/C19H21N3O2/c1-24-18-7-2-5-16(13-18)8-9-19(23)22(12-4-10-20)15-17-6-3-11-21-14-17/h2-3,5-7,11,13-14H,4,8-9,12,15H2,1H3. The van der Waals surface area contributed by atoms with E-state index in [0.717, 1.165) is 16.9 Å². The molecule has 1 aromatic heterocycles. The zero-order valence-electron chi connectivity index (χ0n) is 13.8. The first-order valence-corrected chi connectivity index (χ1v) is 7.89. The predicted octanol–water partition coefficient (Wildman–Crippen LogP) is 2.97. The van der Waals surface area contributed by atoms with Crippen molar-refractivity contribution in [3.05, 3.63) is 59.9 Å². The number of ether oxygens (including phenoxy) is 1. The van der Waals surface area contributed by atoms with E-state index in [1.165, 1.54) is 0 Å². The Morgan fingerprint density at radius 2 is 2.12 bits per heavy atom. The van der Waals surface area contributed by atoms with Gasteiger partial charge in [-0.25, -0.2) is 0 Å². The van der Waals surface area contributed by atoms with E-state index >= 15 is 0 Å². The molecule has 0 spiro atoms. The van der Waals surface area contributed by atoms with Gasteiger partial charge in [0.15, 0.2) is 0 Å². The van der Waals surface area contributed by atoms with Crippen molar-refractivity contribution in [1.82, 2.24) is 9.88 Å². The molecule has 0 fully saturated rings. The molecule has 2 aromatic rings. The van der Waals surface area contributed by atoms with E-state index < -0.39 is 0 Å². The van der Waals surface area contributed by atoms with Gasteiger partial charge in [-0.1, -0.05) is 18.2 Å². The second-order valence-electron chi connectivity index (χ2n) is 5.44. The number of nitrogens with zero attached hydrogens (tertiary/aromatic N) is 3.